The molecule has 108 valence electrons. The van der Waals surface area contributed by atoms with Gasteiger partial charge in [0.2, 0.25) is 0 Å². The van der Waals surface area contributed by atoms with Crippen molar-refractivity contribution in [1.82, 2.24) is 10.3 Å². The smallest absolute Gasteiger partial charge is 0.326 e. The van der Waals surface area contributed by atoms with Crippen molar-refractivity contribution in [2.24, 2.45) is 0 Å². The molecule has 1 amide bonds. The van der Waals surface area contributed by atoms with E-state index in [-0.39, 0.29) is 20.8 Å². The van der Waals surface area contributed by atoms with Crippen LogP contribution in [0.2, 0.25) is 15.1 Å². The molecule has 0 bridgehead atoms. The van der Waals surface area contributed by atoms with Crippen LogP contribution in [0.15, 0.2) is 6.20 Å². The van der Waals surface area contributed by atoms with Crippen LogP contribution in [-0.2, 0) is 9.59 Å². The number of carbonyl (C=O) groups is 3. The fourth-order valence-electron chi connectivity index (χ4n) is 1.20. The summed E-state index contributed by atoms with van der Waals surface area (Å²) in [6, 6.07) is -1.62. The molecule has 7 nitrogen and oxygen atoms in total. The van der Waals surface area contributed by atoms with Crippen LogP contribution in [0.1, 0.15) is 16.9 Å². The van der Waals surface area contributed by atoms with Crippen LogP contribution in [0.25, 0.3) is 0 Å². The Labute approximate surface area is 127 Å². The zero-order valence-electron chi connectivity index (χ0n) is 9.56. The van der Waals surface area contributed by atoms with Crippen LogP contribution >= 0.6 is 34.8 Å². The van der Waals surface area contributed by atoms with Gasteiger partial charge in [-0.3, -0.25) is 9.59 Å². The van der Waals surface area contributed by atoms with E-state index in [0.29, 0.717) is 0 Å². The average Bonchev–Trinajstić information content (AvgIpc) is 2.34. The summed E-state index contributed by atoms with van der Waals surface area (Å²) in [7, 11) is 0. The zero-order chi connectivity index (χ0) is 15.4. The highest BCUT2D eigenvalue weighted by Crippen LogP contribution is 2.30. The molecule has 1 atom stereocenters. The van der Waals surface area contributed by atoms with E-state index >= 15 is 0 Å². The molecule has 0 aliphatic heterocycles. The monoisotopic (exact) mass is 340 g/mol. The lowest BCUT2D eigenvalue weighted by molar-refractivity contribution is -0.145. The fourth-order valence-corrected chi connectivity index (χ4v) is 1.77. The first kappa shape index (κ1) is 16.5. The second-order valence-electron chi connectivity index (χ2n) is 3.54. The van der Waals surface area contributed by atoms with E-state index in [2.05, 4.69) is 4.98 Å². The van der Waals surface area contributed by atoms with Crippen molar-refractivity contribution in [3.05, 3.63) is 27.0 Å². The number of nitrogens with one attached hydrogen (secondary N) is 1. The third-order valence-electron chi connectivity index (χ3n) is 2.11. The first-order valence-electron chi connectivity index (χ1n) is 4.99. The van der Waals surface area contributed by atoms with Crippen LogP contribution in [-0.4, -0.2) is 39.1 Å². The Hall–Kier alpha value is -1.57. The summed E-state index contributed by atoms with van der Waals surface area (Å²) in [5.74, 6) is -3.86. The highest BCUT2D eigenvalue weighted by molar-refractivity contribution is 6.48. The molecule has 0 aliphatic carbocycles. The van der Waals surface area contributed by atoms with Crippen molar-refractivity contribution in [3.8, 4) is 0 Å². The van der Waals surface area contributed by atoms with Gasteiger partial charge in [0.05, 0.1) is 21.5 Å². The SMILES string of the molecule is O=C(O)CC(NC(=O)c1ncc(Cl)c(Cl)c1Cl)C(=O)O. The Morgan fingerprint density at radius 3 is 2.30 bits per heavy atom. The van der Waals surface area contributed by atoms with Gasteiger partial charge >= 0.3 is 11.9 Å². The van der Waals surface area contributed by atoms with E-state index in [4.69, 9.17) is 45.0 Å². The van der Waals surface area contributed by atoms with Crippen LogP contribution in [0.3, 0.4) is 0 Å². The molecular weight excluding hydrogens is 334 g/mol. The second-order valence-corrected chi connectivity index (χ2v) is 4.71. The maximum atomic E-state index is 11.8. The molecule has 0 aromatic carbocycles. The van der Waals surface area contributed by atoms with Gasteiger partial charge in [-0.25, -0.2) is 9.78 Å². The van der Waals surface area contributed by atoms with E-state index in [1.54, 1.807) is 0 Å². The summed E-state index contributed by atoms with van der Waals surface area (Å²) in [4.78, 5) is 36.8. The second kappa shape index (κ2) is 6.74. The number of carboxylic acid groups (broad SMARTS) is 2. The Balaban J connectivity index is 2.98. The third-order valence-corrected chi connectivity index (χ3v) is 3.36. The topological polar surface area (TPSA) is 117 Å². The lowest BCUT2D eigenvalue weighted by Gasteiger charge is -2.13. The number of aliphatic carboxylic acids is 2. The predicted molar refractivity (Wildman–Crippen MR) is 70.4 cm³/mol. The van der Waals surface area contributed by atoms with Gasteiger partial charge in [0.15, 0.2) is 0 Å². The summed E-state index contributed by atoms with van der Waals surface area (Å²) in [6.45, 7) is 0. The van der Waals surface area contributed by atoms with Gasteiger partial charge in [-0.15, -0.1) is 0 Å². The van der Waals surface area contributed by atoms with Crippen molar-refractivity contribution in [1.29, 1.82) is 0 Å². The minimum atomic E-state index is -1.62. The number of halogens is 3. The molecule has 10 heteroatoms. The maximum absolute atomic E-state index is 11.8. The molecule has 0 radical (unpaired) electrons. The molecule has 1 heterocycles. The Morgan fingerprint density at radius 1 is 1.20 bits per heavy atom. The number of nitrogens with zero attached hydrogens (tertiary/aromatic N) is 1. The van der Waals surface area contributed by atoms with Crippen molar-refractivity contribution < 1.29 is 24.6 Å². The first-order chi connectivity index (χ1) is 9.23. The lowest BCUT2D eigenvalue weighted by atomic mass is 10.2. The number of amides is 1. The first-order valence-corrected chi connectivity index (χ1v) is 6.12. The molecule has 0 saturated heterocycles. The summed E-state index contributed by atoms with van der Waals surface area (Å²) in [6.07, 6.45) is 0.275. The van der Waals surface area contributed by atoms with Crippen molar-refractivity contribution in [3.63, 3.8) is 0 Å². The molecule has 0 fully saturated rings. The predicted octanol–water partition coefficient (Wildman–Crippen LogP) is 1.70. The molecule has 1 aromatic rings. The number of aromatic nitrogens is 1. The number of hydrogen-bond donors (Lipinski definition) is 3. The molecule has 1 unspecified atom stereocenters. The van der Waals surface area contributed by atoms with Gasteiger partial charge in [-0.2, -0.15) is 0 Å². The van der Waals surface area contributed by atoms with E-state index in [1.807, 2.05) is 5.32 Å². The standard InChI is InChI=1S/C10H7Cl3N2O5/c11-3-2-14-8(7(13)6(3)12)9(18)15-4(10(19)20)1-5(16)17/h2,4H,1H2,(H,15,18)(H,16,17)(H,19,20). The number of carboxylic acids is 2. The van der Waals surface area contributed by atoms with Gasteiger partial charge in [-0.05, 0) is 0 Å². The highest BCUT2D eigenvalue weighted by Gasteiger charge is 2.26. The third kappa shape index (κ3) is 3.96. The van der Waals surface area contributed by atoms with Crippen molar-refractivity contribution >= 4 is 52.6 Å². The van der Waals surface area contributed by atoms with E-state index in [1.165, 1.54) is 0 Å². The molecular formula is C10H7Cl3N2O5. The number of hydrogen-bond acceptors (Lipinski definition) is 4. The molecule has 1 rings (SSSR count). The molecule has 0 saturated carbocycles. The van der Waals surface area contributed by atoms with E-state index in [9.17, 15) is 14.4 Å². The minimum Gasteiger partial charge on any atom is -0.481 e. The Kier molecular flexibility index (Phi) is 5.55. The molecule has 0 aliphatic rings. The lowest BCUT2D eigenvalue weighted by Crippen LogP contribution is -2.42. The largest absolute Gasteiger partial charge is 0.481 e. The normalized spacial score (nSPS) is 11.8. The minimum absolute atomic E-state index is 0.0218. The molecule has 3 N–H and O–H groups in total. The zero-order valence-corrected chi connectivity index (χ0v) is 11.8. The van der Waals surface area contributed by atoms with Crippen LogP contribution in [0.4, 0.5) is 0 Å². The Morgan fingerprint density at radius 2 is 1.80 bits per heavy atom. The number of pyridine rings is 1. The summed E-state index contributed by atoms with van der Waals surface area (Å²) >= 11 is 17.1. The number of rotatable bonds is 5. The number of carbonyl (C=O) groups excluding carboxylic acids is 1. The maximum Gasteiger partial charge on any atom is 0.326 e. The summed E-state index contributed by atoms with van der Waals surface area (Å²) in [5, 5.41) is 19.0. The summed E-state index contributed by atoms with van der Waals surface area (Å²) in [5.41, 5.74) is -0.349. The van der Waals surface area contributed by atoms with E-state index in [0.717, 1.165) is 6.20 Å². The molecule has 1 aromatic heterocycles. The Bertz CT molecular complexity index is 578. The quantitative estimate of drug-likeness (QED) is 0.750. The van der Waals surface area contributed by atoms with Crippen molar-refractivity contribution in [2.45, 2.75) is 12.5 Å². The van der Waals surface area contributed by atoms with Crippen LogP contribution < -0.4 is 5.32 Å². The van der Waals surface area contributed by atoms with Gasteiger partial charge in [-0.1, -0.05) is 34.8 Å². The van der Waals surface area contributed by atoms with Gasteiger partial charge in [0.1, 0.15) is 11.7 Å². The molecule has 20 heavy (non-hydrogen) atoms. The van der Waals surface area contributed by atoms with Crippen LogP contribution in [0.5, 0.6) is 0 Å². The van der Waals surface area contributed by atoms with Gasteiger partial charge in [0, 0.05) is 6.20 Å². The van der Waals surface area contributed by atoms with Gasteiger partial charge < -0.3 is 15.5 Å². The summed E-state index contributed by atoms with van der Waals surface area (Å²) < 4.78 is 0. The molecule has 0 spiro atoms. The highest BCUT2D eigenvalue weighted by atomic mass is 35.5. The van der Waals surface area contributed by atoms with E-state index < -0.39 is 30.3 Å². The fraction of sp³-hybridized carbons (Fsp3) is 0.200. The van der Waals surface area contributed by atoms with Crippen molar-refractivity contribution in [2.75, 3.05) is 0 Å². The van der Waals surface area contributed by atoms with Crippen LogP contribution in [0, 0.1) is 0 Å². The van der Waals surface area contributed by atoms with Gasteiger partial charge in [0.25, 0.3) is 5.91 Å². The average molecular weight is 342 g/mol.